The number of rotatable bonds is 3. The van der Waals surface area contributed by atoms with Crippen LogP contribution in [0.4, 0.5) is 5.69 Å². The highest BCUT2D eigenvalue weighted by atomic mass is 16.3. The molecule has 21 heavy (non-hydrogen) atoms. The summed E-state index contributed by atoms with van der Waals surface area (Å²) in [4.78, 5) is 4.41. The first kappa shape index (κ1) is 13.2. The van der Waals surface area contributed by atoms with Crippen molar-refractivity contribution in [1.29, 1.82) is 5.26 Å². The fraction of sp³-hybridized carbons (Fsp3) is 0.125. The Bertz CT molecular complexity index is 828. The number of hydrogen-bond acceptors (Lipinski definition) is 4. The van der Waals surface area contributed by atoms with Crippen LogP contribution in [0, 0.1) is 11.3 Å². The molecule has 0 aliphatic carbocycles. The molecule has 0 amide bonds. The minimum Gasteiger partial charge on any atom is -0.399 e. The van der Waals surface area contributed by atoms with Crippen LogP contribution >= 0.6 is 0 Å². The number of aliphatic hydroxyl groups is 1. The molecule has 0 aliphatic rings. The molecule has 3 aromatic rings. The van der Waals surface area contributed by atoms with Crippen molar-refractivity contribution in [2.45, 2.75) is 13.0 Å². The Morgan fingerprint density at radius 2 is 1.95 bits per heavy atom. The molecule has 0 saturated heterocycles. The summed E-state index contributed by atoms with van der Waals surface area (Å²) in [6, 6.07) is 15.3. The molecule has 5 nitrogen and oxygen atoms in total. The zero-order valence-electron chi connectivity index (χ0n) is 11.3. The van der Waals surface area contributed by atoms with E-state index >= 15 is 0 Å². The summed E-state index contributed by atoms with van der Waals surface area (Å²) in [7, 11) is 0. The van der Waals surface area contributed by atoms with Crippen LogP contribution < -0.4 is 5.73 Å². The fourth-order valence-electron chi connectivity index (χ4n) is 2.40. The normalized spacial score (nSPS) is 10.7. The summed E-state index contributed by atoms with van der Waals surface area (Å²) in [5.74, 6) is 0.559. The lowest BCUT2D eigenvalue weighted by Gasteiger charge is -2.08. The van der Waals surface area contributed by atoms with Gasteiger partial charge in [0, 0.05) is 11.4 Å². The van der Waals surface area contributed by atoms with Gasteiger partial charge in [0.05, 0.1) is 23.5 Å². The van der Waals surface area contributed by atoms with Crippen molar-refractivity contribution in [1.82, 2.24) is 9.55 Å². The number of hydrogen-bond donors (Lipinski definition) is 2. The molecule has 104 valence electrons. The third-order valence-corrected chi connectivity index (χ3v) is 3.37. The van der Waals surface area contributed by atoms with E-state index in [1.54, 1.807) is 6.07 Å². The van der Waals surface area contributed by atoms with Crippen molar-refractivity contribution in [3.05, 3.63) is 53.9 Å². The van der Waals surface area contributed by atoms with Gasteiger partial charge in [0.1, 0.15) is 12.4 Å². The van der Waals surface area contributed by atoms with Gasteiger partial charge in [-0.1, -0.05) is 12.1 Å². The number of nitrogens with two attached hydrogens (primary N) is 1. The van der Waals surface area contributed by atoms with E-state index in [1.165, 1.54) is 0 Å². The first-order valence-electron chi connectivity index (χ1n) is 6.57. The highest BCUT2D eigenvalue weighted by molar-refractivity contribution is 5.81. The quantitative estimate of drug-likeness (QED) is 0.719. The molecule has 0 fully saturated rings. The molecule has 0 atom stereocenters. The molecular formula is C16H14N4O. The molecule has 0 spiro atoms. The maximum Gasteiger partial charge on any atom is 0.140 e. The summed E-state index contributed by atoms with van der Waals surface area (Å²) in [5.41, 5.74) is 9.91. The van der Waals surface area contributed by atoms with Crippen LogP contribution in [-0.2, 0) is 13.0 Å². The summed E-state index contributed by atoms with van der Waals surface area (Å²) < 4.78 is 1.89. The van der Waals surface area contributed by atoms with Crippen LogP contribution in [0.25, 0.3) is 16.7 Å². The minimum absolute atomic E-state index is 0.158. The smallest absolute Gasteiger partial charge is 0.140 e. The van der Waals surface area contributed by atoms with Crippen molar-refractivity contribution in [3.63, 3.8) is 0 Å². The van der Waals surface area contributed by atoms with E-state index in [4.69, 9.17) is 11.0 Å². The second-order valence-corrected chi connectivity index (χ2v) is 4.77. The SMILES string of the molecule is N#CCc1ccc(-n2c(CO)nc3cc(N)ccc32)cc1. The number of aliphatic hydroxyl groups excluding tert-OH is 1. The number of aromatic nitrogens is 2. The predicted octanol–water partition coefficient (Wildman–Crippen LogP) is 2.17. The summed E-state index contributed by atoms with van der Waals surface area (Å²) in [6.07, 6.45) is 0.383. The van der Waals surface area contributed by atoms with Gasteiger partial charge >= 0.3 is 0 Å². The van der Waals surface area contributed by atoms with E-state index in [2.05, 4.69) is 11.1 Å². The van der Waals surface area contributed by atoms with E-state index in [0.717, 1.165) is 22.3 Å². The molecule has 0 unspecified atom stereocenters. The van der Waals surface area contributed by atoms with Crippen molar-refractivity contribution >= 4 is 16.7 Å². The van der Waals surface area contributed by atoms with Crippen LogP contribution in [-0.4, -0.2) is 14.7 Å². The number of nitrogen functional groups attached to an aromatic ring is 1. The summed E-state index contributed by atoms with van der Waals surface area (Å²) >= 11 is 0. The average molecular weight is 278 g/mol. The van der Waals surface area contributed by atoms with E-state index in [9.17, 15) is 5.11 Å². The molecule has 2 aromatic carbocycles. The summed E-state index contributed by atoms with van der Waals surface area (Å²) in [6.45, 7) is -0.158. The van der Waals surface area contributed by atoms with Gasteiger partial charge in [-0.05, 0) is 35.9 Å². The Labute approximate surface area is 121 Å². The van der Waals surface area contributed by atoms with Crippen LogP contribution in [0.5, 0.6) is 0 Å². The number of imidazole rings is 1. The highest BCUT2D eigenvalue weighted by Gasteiger charge is 2.11. The Balaban J connectivity index is 2.16. The summed E-state index contributed by atoms with van der Waals surface area (Å²) in [5, 5.41) is 18.2. The van der Waals surface area contributed by atoms with Crippen molar-refractivity contribution in [3.8, 4) is 11.8 Å². The van der Waals surface area contributed by atoms with Gasteiger partial charge < -0.3 is 10.8 Å². The van der Waals surface area contributed by atoms with Crippen LogP contribution in [0.3, 0.4) is 0 Å². The zero-order chi connectivity index (χ0) is 14.8. The molecule has 3 N–H and O–H groups in total. The Morgan fingerprint density at radius 1 is 1.19 bits per heavy atom. The first-order chi connectivity index (χ1) is 10.2. The Morgan fingerprint density at radius 3 is 2.62 bits per heavy atom. The second-order valence-electron chi connectivity index (χ2n) is 4.77. The predicted molar refractivity (Wildman–Crippen MR) is 80.7 cm³/mol. The molecule has 0 radical (unpaired) electrons. The monoisotopic (exact) mass is 278 g/mol. The van der Waals surface area contributed by atoms with Gasteiger partial charge in [-0.3, -0.25) is 4.57 Å². The second kappa shape index (κ2) is 5.27. The third-order valence-electron chi connectivity index (χ3n) is 3.37. The topological polar surface area (TPSA) is 87.9 Å². The molecule has 3 rings (SSSR count). The van der Waals surface area contributed by atoms with Crippen LogP contribution in [0.15, 0.2) is 42.5 Å². The lowest BCUT2D eigenvalue weighted by atomic mass is 10.1. The maximum absolute atomic E-state index is 9.53. The Kier molecular flexibility index (Phi) is 3.30. The molecule has 1 heterocycles. The van der Waals surface area contributed by atoms with Gasteiger partial charge in [-0.2, -0.15) is 5.26 Å². The van der Waals surface area contributed by atoms with Gasteiger partial charge in [-0.15, -0.1) is 0 Å². The van der Waals surface area contributed by atoms with E-state index < -0.39 is 0 Å². The van der Waals surface area contributed by atoms with Crippen molar-refractivity contribution < 1.29 is 5.11 Å². The first-order valence-corrected chi connectivity index (χ1v) is 6.57. The standard InChI is InChI=1S/C16H14N4O/c17-8-7-11-1-4-13(5-2-11)20-15-6-3-12(18)9-14(15)19-16(20)10-21/h1-6,9,21H,7,10,18H2. The van der Waals surface area contributed by atoms with Crippen LogP contribution in [0.2, 0.25) is 0 Å². The third kappa shape index (κ3) is 2.33. The lowest BCUT2D eigenvalue weighted by Crippen LogP contribution is -2.01. The number of anilines is 1. The number of fused-ring (bicyclic) bond motifs is 1. The molecule has 1 aromatic heterocycles. The Hall–Kier alpha value is -2.84. The van der Waals surface area contributed by atoms with E-state index in [-0.39, 0.29) is 6.61 Å². The molecule has 0 saturated carbocycles. The minimum atomic E-state index is -0.158. The maximum atomic E-state index is 9.53. The fourth-order valence-corrected chi connectivity index (χ4v) is 2.40. The van der Waals surface area contributed by atoms with Crippen molar-refractivity contribution in [2.75, 3.05) is 5.73 Å². The number of nitrogens with zero attached hydrogens (tertiary/aromatic N) is 3. The number of nitriles is 1. The van der Waals surface area contributed by atoms with Gasteiger partial charge in [-0.25, -0.2) is 4.98 Å². The molecular weight excluding hydrogens is 264 g/mol. The average Bonchev–Trinajstić information content (AvgIpc) is 2.86. The van der Waals surface area contributed by atoms with E-state index in [0.29, 0.717) is 17.9 Å². The van der Waals surface area contributed by atoms with Gasteiger partial charge in [0.25, 0.3) is 0 Å². The lowest BCUT2D eigenvalue weighted by molar-refractivity contribution is 0.270. The van der Waals surface area contributed by atoms with Crippen molar-refractivity contribution in [2.24, 2.45) is 0 Å². The molecule has 0 bridgehead atoms. The molecule has 0 aliphatic heterocycles. The largest absolute Gasteiger partial charge is 0.399 e. The number of benzene rings is 2. The van der Waals surface area contributed by atoms with Gasteiger partial charge in [0.15, 0.2) is 0 Å². The highest BCUT2D eigenvalue weighted by Crippen LogP contribution is 2.23. The van der Waals surface area contributed by atoms with E-state index in [1.807, 2.05) is 41.0 Å². The van der Waals surface area contributed by atoms with Gasteiger partial charge in [0.2, 0.25) is 0 Å². The zero-order valence-corrected chi connectivity index (χ0v) is 11.3. The van der Waals surface area contributed by atoms with Crippen LogP contribution in [0.1, 0.15) is 11.4 Å². The molecule has 5 heteroatoms.